The van der Waals surface area contributed by atoms with Gasteiger partial charge < -0.3 is 15.2 Å². The highest BCUT2D eigenvalue weighted by Gasteiger charge is 2.21. The molecule has 6 nitrogen and oxygen atoms in total. The summed E-state index contributed by atoms with van der Waals surface area (Å²) in [6.07, 6.45) is 1.45. The van der Waals surface area contributed by atoms with Gasteiger partial charge in [0.1, 0.15) is 0 Å². The largest absolute Gasteiger partial charge is 0.333 e. The van der Waals surface area contributed by atoms with Gasteiger partial charge in [-0.2, -0.15) is 0 Å². The Hall–Kier alpha value is -3.58. The number of para-hydroxylation sites is 2. The van der Waals surface area contributed by atoms with Gasteiger partial charge in [-0.25, -0.2) is 4.98 Å². The van der Waals surface area contributed by atoms with Crippen LogP contribution in [-0.4, -0.2) is 28.3 Å². The van der Waals surface area contributed by atoms with Crippen LogP contribution in [0.2, 0.25) is 0 Å². The predicted octanol–water partition coefficient (Wildman–Crippen LogP) is 5.23. The van der Waals surface area contributed by atoms with Gasteiger partial charge in [-0.15, -0.1) is 0 Å². The molecule has 7 heteroatoms. The molecular weight excluding hydrogens is 420 g/mol. The lowest BCUT2D eigenvalue weighted by molar-refractivity contribution is -0.117. The number of thioether (sulfide) groups is 1. The molecule has 0 aliphatic carbocycles. The topological polar surface area (TPSA) is 78.1 Å². The zero-order valence-electron chi connectivity index (χ0n) is 17.4. The normalized spacial score (nSPS) is 13.6. The van der Waals surface area contributed by atoms with Crippen molar-refractivity contribution in [3.8, 4) is 0 Å². The van der Waals surface area contributed by atoms with E-state index in [1.807, 2.05) is 72.8 Å². The summed E-state index contributed by atoms with van der Waals surface area (Å²) < 4.78 is 0. The zero-order chi connectivity index (χ0) is 21.9. The smallest absolute Gasteiger partial charge is 0.255 e. The van der Waals surface area contributed by atoms with Gasteiger partial charge in [0, 0.05) is 35.7 Å². The molecule has 5 rings (SSSR count). The summed E-state index contributed by atoms with van der Waals surface area (Å²) in [6, 6.07) is 23.0. The molecule has 1 aromatic heterocycles. The summed E-state index contributed by atoms with van der Waals surface area (Å²) in [6.45, 7) is 0.726. The predicted molar refractivity (Wildman–Crippen MR) is 128 cm³/mol. The number of hydrogen-bond donors (Lipinski definition) is 2. The van der Waals surface area contributed by atoms with Crippen LogP contribution in [0, 0.1) is 0 Å². The van der Waals surface area contributed by atoms with Crippen LogP contribution in [0.5, 0.6) is 0 Å². The molecule has 2 amide bonds. The standard InChI is InChI=1S/C25H22N4O2S/c30-23-9-4-14-29(23)20-6-3-5-19(15-20)26-24(31)18-12-10-17(11-13-18)16-32-25-27-21-7-1-2-8-22(21)28-25/h1-3,5-8,10-13,15H,4,9,14,16H2,(H,26,31)(H,27,28). The highest BCUT2D eigenvalue weighted by molar-refractivity contribution is 7.98. The summed E-state index contributed by atoms with van der Waals surface area (Å²) in [4.78, 5) is 34.3. The highest BCUT2D eigenvalue weighted by atomic mass is 32.2. The Bertz CT molecular complexity index is 1250. The van der Waals surface area contributed by atoms with E-state index < -0.39 is 0 Å². The number of hydrogen-bond acceptors (Lipinski definition) is 4. The van der Waals surface area contributed by atoms with Crippen molar-refractivity contribution in [1.82, 2.24) is 9.97 Å². The third-order valence-corrected chi connectivity index (χ3v) is 6.39. The first kappa shape index (κ1) is 20.3. The third-order valence-electron chi connectivity index (χ3n) is 5.45. The van der Waals surface area contributed by atoms with Crippen molar-refractivity contribution >= 4 is 46.0 Å². The number of nitrogens with one attached hydrogen (secondary N) is 2. The van der Waals surface area contributed by atoms with E-state index in [2.05, 4.69) is 15.3 Å². The lowest BCUT2D eigenvalue weighted by atomic mass is 10.1. The fraction of sp³-hybridized carbons (Fsp3) is 0.160. The summed E-state index contributed by atoms with van der Waals surface area (Å²) in [5.41, 5.74) is 5.19. The van der Waals surface area contributed by atoms with E-state index in [1.54, 1.807) is 16.7 Å². The van der Waals surface area contributed by atoms with Crippen LogP contribution in [0.25, 0.3) is 11.0 Å². The molecule has 160 valence electrons. The number of rotatable bonds is 6. The van der Waals surface area contributed by atoms with E-state index in [0.717, 1.165) is 46.2 Å². The molecule has 1 aliphatic heterocycles. The van der Waals surface area contributed by atoms with Crippen LogP contribution in [0.15, 0.2) is 78.0 Å². The van der Waals surface area contributed by atoms with Gasteiger partial charge >= 0.3 is 0 Å². The van der Waals surface area contributed by atoms with E-state index >= 15 is 0 Å². The van der Waals surface area contributed by atoms with Crippen molar-refractivity contribution in [2.45, 2.75) is 23.8 Å². The third kappa shape index (κ3) is 4.38. The van der Waals surface area contributed by atoms with Crippen molar-refractivity contribution in [2.75, 3.05) is 16.8 Å². The Kier molecular flexibility index (Phi) is 5.64. The first-order chi connectivity index (χ1) is 15.7. The quantitative estimate of drug-likeness (QED) is 0.401. The van der Waals surface area contributed by atoms with E-state index in [0.29, 0.717) is 17.7 Å². The number of benzene rings is 3. The maximum Gasteiger partial charge on any atom is 0.255 e. The SMILES string of the molecule is O=C(Nc1cccc(N2CCCC2=O)c1)c1ccc(CSc2nc3ccccc3[nH]2)cc1. The number of anilines is 2. The van der Waals surface area contributed by atoms with E-state index in [4.69, 9.17) is 0 Å². The Labute approximate surface area is 190 Å². The van der Waals surface area contributed by atoms with Crippen molar-refractivity contribution in [3.63, 3.8) is 0 Å². The highest BCUT2D eigenvalue weighted by Crippen LogP contribution is 2.25. The molecule has 0 bridgehead atoms. The molecule has 0 atom stereocenters. The van der Waals surface area contributed by atoms with Crippen LogP contribution >= 0.6 is 11.8 Å². The fourth-order valence-electron chi connectivity index (χ4n) is 3.78. The molecule has 3 aromatic carbocycles. The zero-order valence-corrected chi connectivity index (χ0v) is 18.2. The molecule has 4 aromatic rings. The molecule has 2 N–H and O–H groups in total. The number of nitrogens with zero attached hydrogens (tertiary/aromatic N) is 2. The van der Waals surface area contributed by atoms with E-state index in [-0.39, 0.29) is 11.8 Å². The van der Waals surface area contributed by atoms with Crippen LogP contribution in [-0.2, 0) is 10.5 Å². The molecular formula is C25H22N4O2S. The van der Waals surface area contributed by atoms with Crippen LogP contribution in [0.1, 0.15) is 28.8 Å². The first-order valence-electron chi connectivity index (χ1n) is 10.5. The number of fused-ring (bicyclic) bond motifs is 1. The first-order valence-corrected chi connectivity index (χ1v) is 11.5. The lowest BCUT2D eigenvalue weighted by Gasteiger charge is -2.16. The van der Waals surface area contributed by atoms with Crippen molar-refractivity contribution in [1.29, 1.82) is 0 Å². The minimum atomic E-state index is -0.175. The molecule has 0 unspecified atom stereocenters. The number of imidazole rings is 1. The van der Waals surface area contributed by atoms with Gasteiger partial charge in [-0.05, 0) is 54.4 Å². The van der Waals surface area contributed by atoms with Crippen molar-refractivity contribution in [3.05, 3.63) is 83.9 Å². The summed E-state index contributed by atoms with van der Waals surface area (Å²) in [5, 5.41) is 3.81. The second-order valence-corrected chi connectivity index (χ2v) is 8.66. The number of carbonyl (C=O) groups is 2. The number of H-pyrrole nitrogens is 1. The number of aromatic amines is 1. The Morgan fingerprint density at radius 2 is 1.91 bits per heavy atom. The molecule has 32 heavy (non-hydrogen) atoms. The Morgan fingerprint density at radius 3 is 2.69 bits per heavy atom. The Balaban J connectivity index is 1.21. The summed E-state index contributed by atoms with van der Waals surface area (Å²) in [7, 11) is 0. The second-order valence-electron chi connectivity index (χ2n) is 7.70. The molecule has 0 radical (unpaired) electrons. The summed E-state index contributed by atoms with van der Waals surface area (Å²) in [5.74, 6) is 0.712. The minimum absolute atomic E-state index is 0.129. The van der Waals surface area contributed by atoms with Gasteiger partial charge in [0.15, 0.2) is 5.16 Å². The number of aromatic nitrogens is 2. The van der Waals surface area contributed by atoms with Gasteiger partial charge in [-0.3, -0.25) is 9.59 Å². The van der Waals surface area contributed by atoms with Gasteiger partial charge in [0.05, 0.1) is 11.0 Å². The average Bonchev–Trinajstić information content (AvgIpc) is 3.44. The monoisotopic (exact) mass is 442 g/mol. The number of carbonyl (C=O) groups excluding carboxylic acids is 2. The van der Waals surface area contributed by atoms with E-state index in [1.165, 1.54) is 0 Å². The van der Waals surface area contributed by atoms with Crippen LogP contribution in [0.4, 0.5) is 11.4 Å². The average molecular weight is 443 g/mol. The van der Waals surface area contributed by atoms with Crippen molar-refractivity contribution in [2.24, 2.45) is 0 Å². The maximum atomic E-state index is 12.7. The van der Waals surface area contributed by atoms with Gasteiger partial charge in [-0.1, -0.05) is 42.1 Å². The maximum absolute atomic E-state index is 12.7. The van der Waals surface area contributed by atoms with Crippen LogP contribution in [0.3, 0.4) is 0 Å². The number of amides is 2. The summed E-state index contributed by atoms with van der Waals surface area (Å²) >= 11 is 1.63. The molecule has 1 fully saturated rings. The molecule has 0 spiro atoms. The lowest BCUT2D eigenvalue weighted by Crippen LogP contribution is -2.23. The molecule has 1 aliphatic rings. The Morgan fingerprint density at radius 1 is 1.06 bits per heavy atom. The van der Waals surface area contributed by atoms with Crippen LogP contribution < -0.4 is 10.2 Å². The van der Waals surface area contributed by atoms with E-state index in [9.17, 15) is 9.59 Å². The van der Waals surface area contributed by atoms with Gasteiger partial charge in [0.2, 0.25) is 5.91 Å². The molecule has 0 saturated carbocycles. The minimum Gasteiger partial charge on any atom is -0.333 e. The van der Waals surface area contributed by atoms with Gasteiger partial charge in [0.25, 0.3) is 5.91 Å². The molecule has 2 heterocycles. The van der Waals surface area contributed by atoms with Crippen molar-refractivity contribution < 1.29 is 9.59 Å². The second kappa shape index (κ2) is 8.88. The molecule has 1 saturated heterocycles. The fourth-order valence-corrected chi connectivity index (χ4v) is 4.62.